The third-order valence-electron chi connectivity index (χ3n) is 6.92. The molecule has 6 nitrogen and oxygen atoms in total. The van der Waals surface area contributed by atoms with Crippen LogP contribution in [-0.4, -0.2) is 61.6 Å². The van der Waals surface area contributed by atoms with Crippen molar-refractivity contribution >= 4 is 52.4 Å². The molecule has 0 fully saturated rings. The van der Waals surface area contributed by atoms with Gasteiger partial charge in [0, 0.05) is 0 Å². The van der Waals surface area contributed by atoms with Crippen LogP contribution in [0.25, 0.3) is 0 Å². The molecule has 0 bridgehead atoms. The lowest BCUT2D eigenvalue weighted by atomic mass is 10.4. The second kappa shape index (κ2) is 23.6. The monoisotopic (exact) mass is 715 g/mol. The van der Waals surface area contributed by atoms with Gasteiger partial charge >= 0.3 is 8.56 Å². The summed E-state index contributed by atoms with van der Waals surface area (Å²) >= 11 is 0. The molecule has 2 aromatic carbocycles. The van der Waals surface area contributed by atoms with Crippen LogP contribution in [0.15, 0.2) is 60.7 Å². The van der Waals surface area contributed by atoms with Crippen molar-refractivity contribution in [2.45, 2.75) is 127 Å². The van der Waals surface area contributed by atoms with Gasteiger partial charge in [-0.3, -0.25) is 0 Å². The Labute approximate surface area is 287 Å². The van der Waals surface area contributed by atoms with Crippen LogP contribution in [0.1, 0.15) is 55.9 Å². The maximum absolute atomic E-state index is 6.97. The van der Waals surface area contributed by atoms with Crippen molar-refractivity contribution in [2.24, 2.45) is 11.5 Å². The maximum Gasteiger partial charge on any atom is 0.311 e. The first-order valence-electron chi connectivity index (χ1n) is 15.4. The Bertz CT molecular complexity index is 924. The van der Waals surface area contributed by atoms with Gasteiger partial charge in [-0.2, -0.15) is 0 Å². The fourth-order valence-corrected chi connectivity index (χ4v) is 27.6. The number of benzene rings is 2. The summed E-state index contributed by atoms with van der Waals surface area (Å²) in [5.41, 5.74) is 11.2. The summed E-state index contributed by atoms with van der Waals surface area (Å²) in [6.45, 7) is 25.1. The molecule has 5 N–H and O–H groups in total. The number of rotatable bonds is 17. The molecule has 0 amide bonds. The smallest absolute Gasteiger partial charge is 0.311 e. The Kier molecular flexibility index (Phi) is 26.8. The van der Waals surface area contributed by atoms with Gasteiger partial charge in [0.05, 0.1) is 0 Å². The third-order valence-corrected chi connectivity index (χ3v) is 26.0. The zero-order chi connectivity index (χ0) is 31.2. The highest BCUT2D eigenvalue weighted by molar-refractivity contribution is 7.01. The van der Waals surface area contributed by atoms with Crippen molar-refractivity contribution in [2.75, 3.05) is 19.6 Å². The predicted molar refractivity (Wildman–Crippen MR) is 219 cm³/mol. The molecule has 11 heteroatoms. The minimum Gasteiger partial charge on any atom is -0.445 e. The van der Waals surface area contributed by atoms with E-state index < -0.39 is 42.0 Å². The molecule has 0 aromatic heterocycles. The highest BCUT2D eigenvalue weighted by Crippen LogP contribution is 2.24. The highest BCUT2D eigenvalue weighted by atomic mass is 28.5. The van der Waals surface area contributed by atoms with Gasteiger partial charge in [0.25, 0.3) is 8.48 Å². The standard InChI is InChI=1S/C20H33NO2Si3.C10H28N2OSi2.4CH4/c1-24(2,18-12-17-21)22-25(3,4)23-26(5,19-13-8-6-9-14-19)20-15-10-7-11-16-20;1-6-9-12-15(4,5)13-14(2,3)10-7-8-11;;;;/h6-11,13-16H,12,17-18,21H2,1-5H3;12H,6-11H2,1-5H3;4*1H4. The van der Waals surface area contributed by atoms with E-state index in [1.165, 1.54) is 22.8 Å². The van der Waals surface area contributed by atoms with Gasteiger partial charge in [-0.25, -0.2) is 0 Å². The fourth-order valence-electron chi connectivity index (χ4n) is 5.29. The van der Waals surface area contributed by atoms with Crippen LogP contribution in [0.3, 0.4) is 0 Å². The van der Waals surface area contributed by atoms with E-state index in [2.05, 4.69) is 131 Å². The van der Waals surface area contributed by atoms with Gasteiger partial charge in [0.15, 0.2) is 16.6 Å². The Morgan fingerprint density at radius 2 is 0.956 bits per heavy atom. The van der Waals surface area contributed by atoms with Gasteiger partial charge < -0.3 is 28.8 Å². The fraction of sp³-hybridized carbons (Fsp3) is 0.647. The van der Waals surface area contributed by atoms with Crippen LogP contribution in [0.5, 0.6) is 0 Å². The second-order valence-corrected chi connectivity index (χ2v) is 33.1. The van der Waals surface area contributed by atoms with E-state index in [9.17, 15) is 0 Å². The first-order chi connectivity index (χ1) is 19.0. The van der Waals surface area contributed by atoms with Crippen LogP contribution < -0.4 is 26.8 Å². The zero-order valence-corrected chi connectivity index (χ0v) is 32.8. The van der Waals surface area contributed by atoms with Gasteiger partial charge in [-0.15, -0.1) is 0 Å². The van der Waals surface area contributed by atoms with Crippen LogP contribution >= 0.6 is 0 Å². The third kappa shape index (κ3) is 20.3. The number of hydrogen-bond donors (Lipinski definition) is 3. The maximum atomic E-state index is 6.97. The molecule has 0 saturated heterocycles. The van der Waals surface area contributed by atoms with Crippen molar-refractivity contribution < 1.29 is 12.3 Å². The summed E-state index contributed by atoms with van der Waals surface area (Å²) in [5.74, 6) is 0. The van der Waals surface area contributed by atoms with E-state index in [1.807, 2.05) is 0 Å². The van der Waals surface area contributed by atoms with Crippen LogP contribution in [0.2, 0.25) is 71.0 Å². The van der Waals surface area contributed by atoms with Crippen LogP contribution in [0, 0.1) is 0 Å². The Morgan fingerprint density at radius 3 is 1.31 bits per heavy atom. The van der Waals surface area contributed by atoms with Gasteiger partial charge in [-0.05, 0) is 120 Å². The van der Waals surface area contributed by atoms with E-state index in [-0.39, 0.29) is 29.7 Å². The molecule has 0 aliphatic heterocycles. The largest absolute Gasteiger partial charge is 0.445 e. The molecule has 0 spiro atoms. The molecule has 0 aliphatic carbocycles. The lowest BCUT2D eigenvalue weighted by Gasteiger charge is -2.40. The predicted octanol–water partition coefficient (Wildman–Crippen LogP) is 8.47. The summed E-state index contributed by atoms with van der Waals surface area (Å²) in [7, 11) is -9.55. The molecule has 0 unspecified atom stereocenters. The van der Waals surface area contributed by atoms with Crippen molar-refractivity contribution in [3.8, 4) is 0 Å². The van der Waals surface area contributed by atoms with Gasteiger partial charge in [0.1, 0.15) is 0 Å². The molecular weight excluding hydrogens is 639 g/mol. The SMILES string of the molecule is C.C.C.C.CCCN[Si](C)(C)O[Si](C)(C)CCCN.C[Si](C)(CCCN)O[Si](C)(C)O[Si](C)(c1ccccc1)c1ccccc1. The summed E-state index contributed by atoms with van der Waals surface area (Å²) in [6, 6.07) is 23.6. The Hall–Kier alpha value is -0.716. The van der Waals surface area contributed by atoms with Crippen LogP contribution in [-0.2, 0) is 12.3 Å². The average molecular weight is 716 g/mol. The molecule has 0 atom stereocenters. The number of hydrogen-bond acceptors (Lipinski definition) is 6. The molecule has 0 heterocycles. The van der Waals surface area contributed by atoms with E-state index in [0.717, 1.165) is 38.5 Å². The Balaban J connectivity index is -0.000000387. The molecule has 45 heavy (non-hydrogen) atoms. The molecule has 0 aliphatic rings. The molecule has 266 valence electrons. The summed E-state index contributed by atoms with van der Waals surface area (Å²) in [5, 5.41) is 2.58. The Morgan fingerprint density at radius 1 is 0.578 bits per heavy atom. The normalized spacial score (nSPS) is 11.9. The molecular formula is C34H77N3O3Si5. The van der Waals surface area contributed by atoms with Gasteiger partial charge in [0.2, 0.25) is 8.32 Å². The quantitative estimate of drug-likeness (QED) is 0.142. The molecule has 0 radical (unpaired) electrons. The van der Waals surface area contributed by atoms with Gasteiger partial charge in [-0.1, -0.05) is 97.3 Å². The summed E-state index contributed by atoms with van der Waals surface area (Å²) in [4.78, 5) is 3.56. The molecule has 2 rings (SSSR count). The zero-order valence-electron chi connectivity index (χ0n) is 27.8. The van der Waals surface area contributed by atoms with Crippen molar-refractivity contribution in [1.82, 2.24) is 4.98 Å². The van der Waals surface area contributed by atoms with E-state index in [4.69, 9.17) is 23.8 Å². The van der Waals surface area contributed by atoms with Crippen molar-refractivity contribution in [1.29, 1.82) is 0 Å². The first kappa shape index (κ1) is 51.1. The molecule has 2 aromatic rings. The average Bonchev–Trinajstić information content (AvgIpc) is 2.89. The second-order valence-electron chi connectivity index (χ2n) is 13.2. The first-order valence-corrected chi connectivity index (χ1v) is 29.7. The minimum atomic E-state index is -2.33. The molecule has 0 saturated carbocycles. The van der Waals surface area contributed by atoms with Crippen LogP contribution in [0.4, 0.5) is 0 Å². The summed E-state index contributed by atoms with van der Waals surface area (Å²) in [6.07, 6.45) is 3.29. The number of nitrogens with two attached hydrogens (primary N) is 2. The topological polar surface area (TPSA) is 91.8 Å². The summed E-state index contributed by atoms with van der Waals surface area (Å²) < 4.78 is 20.0. The highest BCUT2D eigenvalue weighted by Gasteiger charge is 2.44. The number of nitrogens with one attached hydrogen (secondary N) is 1. The minimum absolute atomic E-state index is 0. The van der Waals surface area contributed by atoms with E-state index in [1.54, 1.807) is 0 Å². The van der Waals surface area contributed by atoms with E-state index in [0.29, 0.717) is 0 Å². The van der Waals surface area contributed by atoms with Crippen molar-refractivity contribution in [3.05, 3.63) is 60.7 Å². The van der Waals surface area contributed by atoms with E-state index >= 15 is 0 Å². The van der Waals surface area contributed by atoms with Crippen molar-refractivity contribution in [3.63, 3.8) is 0 Å². The lowest BCUT2D eigenvalue weighted by Crippen LogP contribution is -2.64. The lowest BCUT2D eigenvalue weighted by molar-refractivity contribution is 0.396.